The van der Waals surface area contributed by atoms with Crippen LogP contribution in [0, 0.1) is 11.6 Å². The van der Waals surface area contributed by atoms with E-state index in [0.29, 0.717) is 16.8 Å². The lowest BCUT2D eigenvalue weighted by Crippen LogP contribution is -2.20. The Morgan fingerprint density at radius 3 is 2.60 bits per heavy atom. The van der Waals surface area contributed by atoms with Crippen molar-refractivity contribution < 1.29 is 13.6 Å². The third kappa shape index (κ3) is 3.99. The number of halogens is 3. The summed E-state index contributed by atoms with van der Waals surface area (Å²) in [6.07, 6.45) is 2.41. The summed E-state index contributed by atoms with van der Waals surface area (Å²) in [5, 5.41) is 6.51. The highest BCUT2D eigenvalue weighted by atomic mass is 35.5. The van der Waals surface area contributed by atoms with E-state index in [1.54, 1.807) is 23.6 Å². The lowest BCUT2D eigenvalue weighted by atomic mass is 10.0. The third-order valence-electron chi connectivity index (χ3n) is 4.53. The van der Waals surface area contributed by atoms with Gasteiger partial charge in [0, 0.05) is 32.5 Å². The maximum atomic E-state index is 13.9. The Bertz CT molecular complexity index is 1260. The van der Waals surface area contributed by atoms with Crippen LogP contribution in [0.4, 0.5) is 25.0 Å². The van der Waals surface area contributed by atoms with E-state index in [9.17, 15) is 13.6 Å². The van der Waals surface area contributed by atoms with Crippen LogP contribution in [0.3, 0.4) is 0 Å². The van der Waals surface area contributed by atoms with E-state index in [2.05, 4.69) is 22.5 Å². The number of urea groups is 1. The second-order valence-electron chi connectivity index (χ2n) is 6.52. The van der Waals surface area contributed by atoms with E-state index >= 15 is 0 Å². The van der Waals surface area contributed by atoms with E-state index in [4.69, 9.17) is 11.6 Å². The first-order valence-corrected chi connectivity index (χ1v) is 10.3. The first-order valence-electron chi connectivity index (χ1n) is 9.15. The van der Waals surface area contributed by atoms with Gasteiger partial charge in [-0.05, 0) is 30.7 Å². The highest BCUT2D eigenvalue weighted by Gasteiger charge is 2.18. The zero-order chi connectivity index (χ0) is 21.3. The lowest BCUT2D eigenvalue weighted by molar-refractivity contribution is 0.262. The molecule has 4 aromatic rings. The predicted molar refractivity (Wildman–Crippen MR) is 118 cm³/mol. The van der Waals surface area contributed by atoms with Crippen LogP contribution in [0.5, 0.6) is 0 Å². The number of thiophene rings is 1. The first kappa shape index (κ1) is 20.3. The number of hydrogen-bond acceptors (Lipinski definition) is 3. The molecule has 2 amide bonds. The van der Waals surface area contributed by atoms with Gasteiger partial charge in [0.15, 0.2) is 0 Å². The minimum absolute atomic E-state index is 0.133. The molecule has 0 bridgehead atoms. The summed E-state index contributed by atoms with van der Waals surface area (Å²) in [6.45, 7) is 2.06. The van der Waals surface area contributed by atoms with Gasteiger partial charge < -0.3 is 10.6 Å². The van der Waals surface area contributed by atoms with Gasteiger partial charge in [-0.1, -0.05) is 36.7 Å². The summed E-state index contributed by atoms with van der Waals surface area (Å²) in [6, 6.07) is 11.6. The molecule has 2 N–H and O–H groups in total. The Balaban J connectivity index is 1.75. The summed E-state index contributed by atoms with van der Waals surface area (Å²) in [5.74, 6) is -1.59. The molecule has 0 atom stereocenters. The summed E-state index contributed by atoms with van der Waals surface area (Å²) < 4.78 is 27.0. The number of anilines is 2. The topological polar surface area (TPSA) is 54.0 Å². The van der Waals surface area contributed by atoms with Gasteiger partial charge in [-0.15, -0.1) is 11.3 Å². The zero-order valence-corrected chi connectivity index (χ0v) is 17.4. The molecule has 0 saturated carbocycles. The Morgan fingerprint density at radius 2 is 1.87 bits per heavy atom. The van der Waals surface area contributed by atoms with E-state index < -0.39 is 17.7 Å². The number of benzene rings is 2. The smallest absolute Gasteiger partial charge is 0.306 e. The molecule has 0 aliphatic carbocycles. The Hall–Kier alpha value is -3.03. The molecule has 0 fully saturated rings. The van der Waals surface area contributed by atoms with Crippen molar-refractivity contribution in [3.8, 4) is 11.1 Å². The van der Waals surface area contributed by atoms with Crippen molar-refractivity contribution in [1.29, 1.82) is 0 Å². The first-order chi connectivity index (χ1) is 14.5. The molecule has 0 saturated heterocycles. The fourth-order valence-corrected chi connectivity index (χ4v) is 4.31. The lowest BCUT2D eigenvalue weighted by Gasteiger charge is -2.14. The number of rotatable bonds is 4. The molecule has 2 aromatic heterocycles. The summed E-state index contributed by atoms with van der Waals surface area (Å²) >= 11 is 8.02. The predicted octanol–water partition coefficient (Wildman–Crippen LogP) is 7.10. The standard InChI is InChI=1S/C22H16ClF2N3OS/c1-2-13-10-15-20(14-5-3-4-6-16(14)23)19(11-26-21(15)30-13)28-22(29)27-18-8-7-12(24)9-17(18)25/h3-11H,2H2,1H3,(H2,27,28,29). The minimum Gasteiger partial charge on any atom is -0.306 e. The van der Waals surface area contributed by atoms with Crippen molar-refractivity contribution in [3.63, 3.8) is 0 Å². The fourth-order valence-electron chi connectivity index (χ4n) is 3.13. The number of fused-ring (bicyclic) bond motifs is 1. The molecule has 0 radical (unpaired) electrons. The second kappa shape index (κ2) is 8.38. The normalized spacial score (nSPS) is 10.9. The Kier molecular flexibility index (Phi) is 5.65. The number of aryl methyl sites for hydroxylation is 1. The van der Waals surface area contributed by atoms with E-state index in [-0.39, 0.29) is 5.69 Å². The molecule has 4 rings (SSSR count). The highest BCUT2D eigenvalue weighted by Crippen LogP contribution is 2.41. The van der Waals surface area contributed by atoms with Gasteiger partial charge in [-0.25, -0.2) is 18.6 Å². The molecule has 8 heteroatoms. The molecule has 0 spiro atoms. The molecule has 0 aliphatic rings. The number of carbonyl (C=O) groups is 1. The van der Waals surface area contributed by atoms with Crippen LogP contribution in [0.2, 0.25) is 5.02 Å². The van der Waals surface area contributed by atoms with Crippen LogP contribution >= 0.6 is 22.9 Å². The third-order valence-corrected chi connectivity index (χ3v) is 6.05. The fraction of sp³-hybridized carbons (Fsp3) is 0.0909. The maximum Gasteiger partial charge on any atom is 0.323 e. The summed E-state index contributed by atoms with van der Waals surface area (Å²) in [4.78, 5) is 19.0. The number of pyridine rings is 1. The summed E-state index contributed by atoms with van der Waals surface area (Å²) in [5.41, 5.74) is 1.77. The molecule has 2 heterocycles. The molecule has 2 aromatic carbocycles. The van der Waals surface area contributed by atoms with Gasteiger partial charge in [0.25, 0.3) is 0 Å². The highest BCUT2D eigenvalue weighted by molar-refractivity contribution is 7.18. The van der Waals surface area contributed by atoms with Gasteiger partial charge in [-0.3, -0.25) is 0 Å². The number of carbonyl (C=O) groups excluding carboxylic acids is 1. The van der Waals surface area contributed by atoms with E-state index in [0.717, 1.165) is 44.8 Å². The van der Waals surface area contributed by atoms with Crippen molar-refractivity contribution in [2.75, 3.05) is 10.6 Å². The average Bonchev–Trinajstić information content (AvgIpc) is 3.14. The maximum absolute atomic E-state index is 13.9. The molecular formula is C22H16ClF2N3OS. The number of amides is 2. The number of nitrogens with one attached hydrogen (secondary N) is 2. The van der Waals surface area contributed by atoms with Crippen LogP contribution < -0.4 is 10.6 Å². The number of hydrogen-bond donors (Lipinski definition) is 2. The van der Waals surface area contributed by atoms with Crippen LogP contribution in [0.15, 0.2) is 54.7 Å². The van der Waals surface area contributed by atoms with Crippen molar-refractivity contribution in [3.05, 3.63) is 76.3 Å². The van der Waals surface area contributed by atoms with Crippen molar-refractivity contribution in [1.82, 2.24) is 4.98 Å². The Labute approximate surface area is 180 Å². The zero-order valence-electron chi connectivity index (χ0n) is 15.8. The quantitative estimate of drug-likeness (QED) is 0.353. The van der Waals surface area contributed by atoms with Gasteiger partial charge in [0.05, 0.1) is 17.6 Å². The minimum atomic E-state index is -0.865. The molecule has 152 valence electrons. The van der Waals surface area contributed by atoms with Crippen LogP contribution in [-0.2, 0) is 6.42 Å². The van der Waals surface area contributed by atoms with Gasteiger partial charge in [0.2, 0.25) is 0 Å². The van der Waals surface area contributed by atoms with Crippen LogP contribution in [-0.4, -0.2) is 11.0 Å². The van der Waals surface area contributed by atoms with E-state index in [1.165, 1.54) is 0 Å². The van der Waals surface area contributed by atoms with Crippen molar-refractivity contribution >= 4 is 50.6 Å². The largest absolute Gasteiger partial charge is 0.323 e. The second-order valence-corrected chi connectivity index (χ2v) is 8.04. The van der Waals surface area contributed by atoms with Crippen molar-refractivity contribution in [2.45, 2.75) is 13.3 Å². The Morgan fingerprint density at radius 1 is 1.10 bits per heavy atom. The summed E-state index contributed by atoms with van der Waals surface area (Å²) in [7, 11) is 0. The molecule has 0 aliphatic heterocycles. The monoisotopic (exact) mass is 443 g/mol. The van der Waals surface area contributed by atoms with E-state index in [1.807, 2.05) is 24.3 Å². The SMILES string of the molecule is CCc1cc2c(-c3ccccc3Cl)c(NC(=O)Nc3ccc(F)cc3F)cnc2s1. The molecule has 4 nitrogen and oxygen atoms in total. The van der Waals surface area contributed by atoms with Crippen LogP contribution in [0.25, 0.3) is 21.3 Å². The van der Waals surface area contributed by atoms with Crippen molar-refractivity contribution in [2.24, 2.45) is 0 Å². The molecule has 30 heavy (non-hydrogen) atoms. The molecular weight excluding hydrogens is 428 g/mol. The number of aromatic nitrogens is 1. The molecule has 0 unspecified atom stereocenters. The van der Waals surface area contributed by atoms with Gasteiger partial charge in [-0.2, -0.15) is 0 Å². The van der Waals surface area contributed by atoms with Crippen LogP contribution in [0.1, 0.15) is 11.8 Å². The van der Waals surface area contributed by atoms with Gasteiger partial charge >= 0.3 is 6.03 Å². The number of nitrogens with zero attached hydrogens (tertiary/aromatic N) is 1. The average molecular weight is 444 g/mol. The van der Waals surface area contributed by atoms with Gasteiger partial charge in [0.1, 0.15) is 16.5 Å².